The molecule has 1 aliphatic carbocycles. The Kier molecular flexibility index (Phi) is 5.32. The lowest BCUT2D eigenvalue weighted by Crippen LogP contribution is -2.33. The van der Waals surface area contributed by atoms with Crippen LogP contribution in [0.2, 0.25) is 0 Å². The monoisotopic (exact) mass is 267 g/mol. The zero-order valence-corrected chi connectivity index (χ0v) is 11.4. The van der Waals surface area contributed by atoms with Crippen molar-refractivity contribution in [2.75, 3.05) is 0 Å². The molecule has 1 nitrogen and oxygen atoms in total. The standard InChI is InChI=1S/C16H23F2N/c17-14-9-6-10-15(18)13(14)11-16(19)12-7-4-2-1-3-5-8-12/h6,9-10,12,16H,1-5,7-8,11,19H2. The molecule has 2 rings (SSSR count). The fraction of sp³-hybridized carbons (Fsp3) is 0.625. The molecule has 1 aromatic rings. The van der Waals surface area contributed by atoms with Gasteiger partial charge in [0.25, 0.3) is 0 Å². The maximum absolute atomic E-state index is 13.6. The number of halogens is 2. The molecule has 3 heteroatoms. The van der Waals surface area contributed by atoms with Crippen molar-refractivity contribution in [1.82, 2.24) is 0 Å². The Morgan fingerprint density at radius 1 is 1.00 bits per heavy atom. The zero-order chi connectivity index (χ0) is 13.7. The van der Waals surface area contributed by atoms with Crippen LogP contribution < -0.4 is 5.73 Å². The first-order valence-corrected chi connectivity index (χ1v) is 7.37. The third-order valence-corrected chi connectivity index (χ3v) is 4.26. The van der Waals surface area contributed by atoms with Crippen molar-refractivity contribution in [2.24, 2.45) is 11.7 Å². The van der Waals surface area contributed by atoms with E-state index in [0.717, 1.165) is 12.8 Å². The van der Waals surface area contributed by atoms with Gasteiger partial charge in [-0.1, -0.05) is 38.2 Å². The van der Waals surface area contributed by atoms with Gasteiger partial charge in [-0.3, -0.25) is 0 Å². The Morgan fingerprint density at radius 2 is 1.53 bits per heavy atom. The molecular weight excluding hydrogens is 244 g/mol. The second kappa shape index (κ2) is 6.99. The van der Waals surface area contributed by atoms with Gasteiger partial charge in [-0.05, 0) is 37.3 Å². The van der Waals surface area contributed by atoms with Gasteiger partial charge in [0.2, 0.25) is 0 Å². The first kappa shape index (κ1) is 14.4. The summed E-state index contributed by atoms with van der Waals surface area (Å²) in [6.45, 7) is 0. The van der Waals surface area contributed by atoms with E-state index < -0.39 is 11.6 Å². The second-order valence-electron chi connectivity index (χ2n) is 5.67. The lowest BCUT2D eigenvalue weighted by atomic mass is 9.83. The first-order chi connectivity index (χ1) is 9.18. The average molecular weight is 267 g/mol. The van der Waals surface area contributed by atoms with Crippen LogP contribution in [0.1, 0.15) is 50.5 Å². The molecule has 0 aliphatic heterocycles. The van der Waals surface area contributed by atoms with Gasteiger partial charge in [0.15, 0.2) is 0 Å². The van der Waals surface area contributed by atoms with Crippen molar-refractivity contribution in [1.29, 1.82) is 0 Å². The summed E-state index contributed by atoms with van der Waals surface area (Å²) >= 11 is 0. The van der Waals surface area contributed by atoms with Gasteiger partial charge >= 0.3 is 0 Å². The van der Waals surface area contributed by atoms with Crippen molar-refractivity contribution < 1.29 is 8.78 Å². The highest BCUT2D eigenvalue weighted by atomic mass is 19.1. The van der Waals surface area contributed by atoms with Crippen LogP contribution in [0, 0.1) is 17.6 Å². The van der Waals surface area contributed by atoms with Crippen LogP contribution in [-0.2, 0) is 6.42 Å². The molecule has 1 unspecified atom stereocenters. The summed E-state index contributed by atoms with van der Waals surface area (Å²) in [5, 5.41) is 0. The van der Waals surface area contributed by atoms with Crippen LogP contribution in [0.4, 0.5) is 8.78 Å². The minimum atomic E-state index is -0.471. The third kappa shape index (κ3) is 4.00. The molecule has 106 valence electrons. The number of nitrogens with two attached hydrogens (primary N) is 1. The maximum Gasteiger partial charge on any atom is 0.129 e. The van der Waals surface area contributed by atoms with Gasteiger partial charge < -0.3 is 5.73 Å². The normalized spacial score (nSPS) is 19.7. The number of benzene rings is 1. The fourth-order valence-corrected chi connectivity index (χ4v) is 3.05. The molecule has 19 heavy (non-hydrogen) atoms. The van der Waals surface area contributed by atoms with Gasteiger partial charge in [-0.25, -0.2) is 8.78 Å². The number of rotatable bonds is 3. The summed E-state index contributed by atoms with van der Waals surface area (Å²) in [6.07, 6.45) is 8.71. The Balaban J connectivity index is 2.00. The first-order valence-electron chi connectivity index (χ1n) is 7.37. The van der Waals surface area contributed by atoms with E-state index in [1.165, 1.54) is 50.3 Å². The molecule has 1 fully saturated rings. The summed E-state index contributed by atoms with van der Waals surface area (Å²) in [5.74, 6) is -0.540. The van der Waals surface area contributed by atoms with E-state index in [-0.39, 0.29) is 11.6 Å². The maximum atomic E-state index is 13.6. The van der Waals surface area contributed by atoms with Crippen LogP contribution in [0.3, 0.4) is 0 Å². The van der Waals surface area contributed by atoms with Crippen molar-refractivity contribution in [3.63, 3.8) is 0 Å². The third-order valence-electron chi connectivity index (χ3n) is 4.26. The molecule has 1 aromatic carbocycles. The zero-order valence-electron chi connectivity index (χ0n) is 11.4. The lowest BCUT2D eigenvalue weighted by molar-refractivity contribution is 0.318. The molecule has 0 aromatic heterocycles. The van der Waals surface area contributed by atoms with Crippen LogP contribution >= 0.6 is 0 Å². The molecule has 1 atom stereocenters. The summed E-state index contributed by atoms with van der Waals surface area (Å²) in [5.41, 5.74) is 6.36. The molecule has 0 radical (unpaired) electrons. The minimum absolute atomic E-state index is 0.135. The van der Waals surface area contributed by atoms with Gasteiger partial charge in [0.1, 0.15) is 11.6 Å². The molecule has 1 saturated carbocycles. The Bertz CT molecular complexity index is 377. The van der Waals surface area contributed by atoms with Crippen LogP contribution in [0.15, 0.2) is 18.2 Å². The highest BCUT2D eigenvalue weighted by Gasteiger charge is 2.21. The predicted octanol–water partition coefficient (Wildman–Crippen LogP) is 4.20. The summed E-state index contributed by atoms with van der Waals surface area (Å²) in [4.78, 5) is 0. The average Bonchev–Trinajstić information content (AvgIpc) is 2.33. The molecule has 0 saturated heterocycles. The minimum Gasteiger partial charge on any atom is -0.327 e. The molecule has 0 spiro atoms. The van der Waals surface area contributed by atoms with E-state index in [2.05, 4.69) is 0 Å². The topological polar surface area (TPSA) is 26.0 Å². The number of hydrogen-bond acceptors (Lipinski definition) is 1. The van der Waals surface area contributed by atoms with Crippen LogP contribution in [-0.4, -0.2) is 6.04 Å². The summed E-state index contributed by atoms with van der Waals surface area (Å²) in [7, 11) is 0. The molecular formula is C16H23F2N. The van der Waals surface area contributed by atoms with E-state index in [1.54, 1.807) is 0 Å². The van der Waals surface area contributed by atoms with Crippen molar-refractivity contribution in [3.8, 4) is 0 Å². The van der Waals surface area contributed by atoms with Crippen molar-refractivity contribution >= 4 is 0 Å². The van der Waals surface area contributed by atoms with E-state index in [0.29, 0.717) is 12.3 Å². The van der Waals surface area contributed by atoms with Crippen molar-refractivity contribution in [3.05, 3.63) is 35.4 Å². The summed E-state index contributed by atoms with van der Waals surface area (Å²) < 4.78 is 27.3. The quantitative estimate of drug-likeness (QED) is 0.873. The van der Waals surface area contributed by atoms with Crippen LogP contribution in [0.25, 0.3) is 0 Å². The second-order valence-corrected chi connectivity index (χ2v) is 5.67. The Labute approximate surface area is 114 Å². The predicted molar refractivity (Wildman–Crippen MR) is 73.8 cm³/mol. The molecule has 0 heterocycles. The number of hydrogen-bond donors (Lipinski definition) is 1. The van der Waals surface area contributed by atoms with Gasteiger partial charge in [-0.15, -0.1) is 0 Å². The van der Waals surface area contributed by atoms with Crippen molar-refractivity contribution in [2.45, 2.75) is 57.4 Å². The van der Waals surface area contributed by atoms with E-state index in [9.17, 15) is 8.78 Å². The van der Waals surface area contributed by atoms with Crippen LogP contribution in [0.5, 0.6) is 0 Å². The van der Waals surface area contributed by atoms with Gasteiger partial charge in [0.05, 0.1) is 0 Å². The largest absolute Gasteiger partial charge is 0.327 e. The Morgan fingerprint density at radius 3 is 2.11 bits per heavy atom. The Hall–Kier alpha value is -0.960. The lowest BCUT2D eigenvalue weighted by Gasteiger charge is -2.26. The highest BCUT2D eigenvalue weighted by molar-refractivity contribution is 5.20. The summed E-state index contributed by atoms with van der Waals surface area (Å²) in [6, 6.07) is 3.88. The van der Waals surface area contributed by atoms with E-state index in [1.807, 2.05) is 0 Å². The van der Waals surface area contributed by atoms with Gasteiger partial charge in [0, 0.05) is 11.6 Å². The molecule has 0 bridgehead atoms. The molecule has 1 aliphatic rings. The fourth-order valence-electron chi connectivity index (χ4n) is 3.05. The SMILES string of the molecule is NC(Cc1c(F)cccc1F)C1CCCCCCC1. The highest BCUT2D eigenvalue weighted by Crippen LogP contribution is 2.26. The molecule has 2 N–H and O–H groups in total. The van der Waals surface area contributed by atoms with E-state index >= 15 is 0 Å². The molecule has 0 amide bonds. The van der Waals surface area contributed by atoms with E-state index in [4.69, 9.17) is 5.73 Å². The smallest absolute Gasteiger partial charge is 0.129 e. The van der Waals surface area contributed by atoms with Gasteiger partial charge in [-0.2, -0.15) is 0 Å².